The van der Waals surface area contributed by atoms with Crippen molar-refractivity contribution in [2.45, 2.75) is 32.4 Å². The van der Waals surface area contributed by atoms with Gasteiger partial charge in [0.25, 0.3) is 0 Å². The van der Waals surface area contributed by atoms with E-state index in [1.165, 1.54) is 12.1 Å². The lowest BCUT2D eigenvalue weighted by molar-refractivity contribution is 0.313. The van der Waals surface area contributed by atoms with Crippen LogP contribution < -0.4 is 10.6 Å². The minimum atomic E-state index is -0.443. The van der Waals surface area contributed by atoms with Gasteiger partial charge in [0.2, 0.25) is 0 Å². The van der Waals surface area contributed by atoms with Gasteiger partial charge in [-0.2, -0.15) is 0 Å². The van der Waals surface area contributed by atoms with Crippen molar-refractivity contribution in [1.82, 2.24) is 0 Å². The highest BCUT2D eigenvalue weighted by atomic mass is 79.9. The van der Waals surface area contributed by atoms with Crippen molar-refractivity contribution in [3.05, 3.63) is 28.2 Å². The largest absolute Gasteiger partial charge is 0.366 e. The van der Waals surface area contributed by atoms with E-state index in [1.807, 2.05) is 11.8 Å². The Labute approximate surface area is 114 Å². The van der Waals surface area contributed by atoms with Gasteiger partial charge in [0.05, 0.1) is 10.2 Å². The summed E-state index contributed by atoms with van der Waals surface area (Å²) in [7, 11) is 0. The van der Waals surface area contributed by atoms with Crippen LogP contribution in [0.2, 0.25) is 0 Å². The summed E-state index contributed by atoms with van der Waals surface area (Å²) in [4.78, 5) is 1.90. The summed E-state index contributed by atoms with van der Waals surface area (Å²) >= 11 is 2.99. The maximum atomic E-state index is 13.9. The molecule has 0 saturated carbocycles. The maximum absolute atomic E-state index is 13.9. The van der Waals surface area contributed by atoms with E-state index < -0.39 is 11.6 Å². The molecule has 0 radical (unpaired) electrons. The van der Waals surface area contributed by atoms with Gasteiger partial charge in [-0.15, -0.1) is 0 Å². The van der Waals surface area contributed by atoms with E-state index in [1.54, 1.807) is 0 Å². The van der Waals surface area contributed by atoms with Crippen molar-refractivity contribution in [1.29, 1.82) is 0 Å². The van der Waals surface area contributed by atoms with Crippen molar-refractivity contribution < 1.29 is 8.78 Å². The third-order valence-electron chi connectivity index (χ3n) is 3.93. The Morgan fingerprint density at radius 2 is 1.94 bits per heavy atom. The zero-order valence-corrected chi connectivity index (χ0v) is 12.0. The molecule has 2 N–H and O–H groups in total. The molecule has 0 spiro atoms. The molecule has 1 aliphatic rings. The fourth-order valence-corrected chi connectivity index (χ4v) is 2.78. The molecule has 2 nitrogen and oxygen atoms in total. The first-order chi connectivity index (χ1) is 8.41. The number of benzene rings is 1. The molecule has 1 aliphatic heterocycles. The molecule has 1 fully saturated rings. The number of anilines is 1. The maximum Gasteiger partial charge on any atom is 0.147 e. The van der Waals surface area contributed by atoms with Crippen LogP contribution in [0.4, 0.5) is 14.5 Å². The fraction of sp³-hybridized carbons (Fsp3) is 0.538. The summed E-state index contributed by atoms with van der Waals surface area (Å²) in [6.45, 7) is 4.71. The molecule has 0 amide bonds. The lowest BCUT2D eigenvalue weighted by Gasteiger charge is -2.42. The van der Waals surface area contributed by atoms with Crippen LogP contribution in [-0.4, -0.2) is 18.6 Å². The van der Waals surface area contributed by atoms with E-state index in [-0.39, 0.29) is 22.5 Å². The smallest absolute Gasteiger partial charge is 0.147 e. The number of hydrogen-bond donors (Lipinski definition) is 1. The van der Waals surface area contributed by atoms with Gasteiger partial charge in [0.1, 0.15) is 11.6 Å². The van der Waals surface area contributed by atoms with Gasteiger partial charge in [-0.05, 0) is 41.3 Å². The molecule has 18 heavy (non-hydrogen) atoms. The molecule has 1 heterocycles. The van der Waals surface area contributed by atoms with Gasteiger partial charge in [-0.25, -0.2) is 8.78 Å². The van der Waals surface area contributed by atoms with Gasteiger partial charge >= 0.3 is 0 Å². The first-order valence-corrected chi connectivity index (χ1v) is 6.88. The van der Waals surface area contributed by atoms with Crippen LogP contribution in [0.25, 0.3) is 0 Å². The van der Waals surface area contributed by atoms with E-state index in [0.29, 0.717) is 12.2 Å². The first kappa shape index (κ1) is 13.7. The minimum absolute atomic E-state index is 0.101. The average molecular weight is 319 g/mol. The quantitative estimate of drug-likeness (QED) is 0.805. The standard InChI is InChI=1S/C13H17BrF2N2/c1-7-8(2)18(4-3-12(7)17)13-6-10(15)9(14)5-11(13)16/h5-8,12H,3-4,17H2,1-2H3. The lowest BCUT2D eigenvalue weighted by atomic mass is 9.87. The molecule has 0 aromatic heterocycles. The minimum Gasteiger partial charge on any atom is -0.366 e. The van der Waals surface area contributed by atoms with E-state index in [9.17, 15) is 8.78 Å². The van der Waals surface area contributed by atoms with Gasteiger partial charge in [0, 0.05) is 24.7 Å². The van der Waals surface area contributed by atoms with Crippen molar-refractivity contribution >= 4 is 21.6 Å². The predicted octanol–water partition coefficient (Wildman–Crippen LogP) is 3.29. The van der Waals surface area contributed by atoms with Gasteiger partial charge in [-0.1, -0.05) is 6.92 Å². The second-order valence-corrected chi connectivity index (χ2v) is 5.82. The van der Waals surface area contributed by atoms with Crippen molar-refractivity contribution in [2.75, 3.05) is 11.4 Å². The Hall–Kier alpha value is -0.680. The number of nitrogens with zero attached hydrogens (tertiary/aromatic N) is 1. The summed E-state index contributed by atoms with van der Waals surface area (Å²) in [6.07, 6.45) is 0.794. The number of rotatable bonds is 1. The van der Waals surface area contributed by atoms with E-state index in [0.717, 1.165) is 6.42 Å². The van der Waals surface area contributed by atoms with E-state index >= 15 is 0 Å². The van der Waals surface area contributed by atoms with Crippen LogP contribution in [0.15, 0.2) is 16.6 Å². The van der Waals surface area contributed by atoms with Crippen LogP contribution in [0.1, 0.15) is 20.3 Å². The topological polar surface area (TPSA) is 29.3 Å². The highest BCUT2D eigenvalue weighted by Gasteiger charge is 2.31. The van der Waals surface area contributed by atoms with Crippen molar-refractivity contribution in [3.63, 3.8) is 0 Å². The molecule has 100 valence electrons. The third-order valence-corrected chi connectivity index (χ3v) is 4.54. The molecular formula is C13H17BrF2N2. The van der Waals surface area contributed by atoms with Crippen LogP contribution in [0, 0.1) is 17.6 Å². The highest BCUT2D eigenvalue weighted by Crippen LogP contribution is 2.32. The van der Waals surface area contributed by atoms with E-state index in [4.69, 9.17) is 5.73 Å². The zero-order valence-electron chi connectivity index (χ0n) is 10.5. The summed E-state index contributed by atoms with van der Waals surface area (Å²) in [5.74, 6) is -0.594. The molecule has 1 saturated heterocycles. The number of nitrogens with two attached hydrogens (primary N) is 1. The number of hydrogen-bond acceptors (Lipinski definition) is 2. The van der Waals surface area contributed by atoms with Crippen LogP contribution in [-0.2, 0) is 0 Å². The second kappa shape index (κ2) is 5.13. The Kier molecular flexibility index (Phi) is 3.92. The van der Waals surface area contributed by atoms with Gasteiger partial charge in [-0.3, -0.25) is 0 Å². The molecule has 3 unspecified atom stereocenters. The number of piperidine rings is 1. The Bertz CT molecular complexity index is 453. The molecule has 1 aromatic rings. The first-order valence-electron chi connectivity index (χ1n) is 6.08. The molecule has 5 heteroatoms. The average Bonchev–Trinajstić information content (AvgIpc) is 2.32. The number of halogens is 3. The predicted molar refractivity (Wildman–Crippen MR) is 72.6 cm³/mol. The van der Waals surface area contributed by atoms with Crippen molar-refractivity contribution in [3.8, 4) is 0 Å². The summed E-state index contributed by atoms with van der Waals surface area (Å²) < 4.78 is 27.6. The van der Waals surface area contributed by atoms with E-state index in [2.05, 4.69) is 22.9 Å². The molecule has 2 rings (SSSR count). The molecule has 1 aromatic carbocycles. The van der Waals surface area contributed by atoms with Crippen LogP contribution in [0.5, 0.6) is 0 Å². The Balaban J connectivity index is 2.34. The highest BCUT2D eigenvalue weighted by molar-refractivity contribution is 9.10. The molecular weight excluding hydrogens is 302 g/mol. The zero-order chi connectivity index (χ0) is 13.4. The fourth-order valence-electron chi connectivity index (χ4n) is 2.47. The molecule has 0 bridgehead atoms. The summed E-state index contributed by atoms with van der Waals surface area (Å²) in [5, 5.41) is 0. The van der Waals surface area contributed by atoms with Crippen LogP contribution >= 0.6 is 15.9 Å². The second-order valence-electron chi connectivity index (χ2n) is 4.96. The Morgan fingerprint density at radius 1 is 1.28 bits per heavy atom. The van der Waals surface area contributed by atoms with Crippen LogP contribution in [0.3, 0.4) is 0 Å². The third kappa shape index (κ3) is 2.38. The normalized spacial score (nSPS) is 28.6. The molecule has 3 atom stereocenters. The lowest BCUT2D eigenvalue weighted by Crippen LogP contribution is -2.52. The van der Waals surface area contributed by atoms with Gasteiger partial charge < -0.3 is 10.6 Å². The summed E-state index contributed by atoms with van der Waals surface area (Å²) in [6, 6.07) is 2.65. The van der Waals surface area contributed by atoms with Crippen molar-refractivity contribution in [2.24, 2.45) is 11.7 Å². The van der Waals surface area contributed by atoms with Gasteiger partial charge in [0.15, 0.2) is 0 Å². The SMILES string of the molecule is CC1C(N)CCN(c2cc(F)c(Br)cc2F)C1C. The Morgan fingerprint density at radius 3 is 2.61 bits per heavy atom. The molecule has 0 aliphatic carbocycles. The monoisotopic (exact) mass is 318 g/mol. The summed E-state index contributed by atoms with van der Waals surface area (Å²) in [5.41, 5.74) is 6.32.